The van der Waals surface area contributed by atoms with E-state index in [1.54, 1.807) is 0 Å². The molecule has 0 saturated heterocycles. The van der Waals surface area contributed by atoms with Crippen molar-refractivity contribution in [1.29, 1.82) is 0 Å². The molecule has 78 valence electrons. The number of aliphatic hydroxyl groups is 1. The van der Waals surface area contributed by atoms with Crippen LogP contribution in [-0.4, -0.2) is 11.7 Å². The Morgan fingerprint density at radius 2 is 1.36 bits per heavy atom. The van der Waals surface area contributed by atoms with Gasteiger partial charge in [-0.1, -0.05) is 6.42 Å². The molecule has 0 atom stereocenters. The van der Waals surface area contributed by atoms with Crippen molar-refractivity contribution < 1.29 is 5.11 Å². The van der Waals surface area contributed by atoms with E-state index in [1.165, 1.54) is 0 Å². The van der Waals surface area contributed by atoms with E-state index >= 15 is 0 Å². The van der Waals surface area contributed by atoms with E-state index in [-0.39, 0.29) is 0 Å². The number of terminal acetylenes is 1. The van der Waals surface area contributed by atoms with Gasteiger partial charge in [0.2, 0.25) is 0 Å². The second kappa shape index (κ2) is 12.1. The first kappa shape index (κ1) is 13.1. The average molecular weight is 192 g/mol. The molecule has 14 heavy (non-hydrogen) atoms. The SMILES string of the molecule is C#CCCCCC#CCCCCCO. The van der Waals surface area contributed by atoms with Crippen LogP contribution in [0.25, 0.3) is 0 Å². The summed E-state index contributed by atoms with van der Waals surface area (Å²) in [6.07, 6.45) is 13.3. The molecular weight excluding hydrogens is 172 g/mol. The van der Waals surface area contributed by atoms with E-state index in [1.807, 2.05) is 0 Å². The number of hydrogen-bond donors (Lipinski definition) is 1. The van der Waals surface area contributed by atoms with Gasteiger partial charge in [0.25, 0.3) is 0 Å². The molecular formula is C13H20O. The highest BCUT2D eigenvalue weighted by molar-refractivity contribution is 4.98. The summed E-state index contributed by atoms with van der Waals surface area (Å²) in [6.45, 7) is 0.305. The van der Waals surface area contributed by atoms with Gasteiger partial charge in [-0.05, 0) is 25.7 Å². The summed E-state index contributed by atoms with van der Waals surface area (Å²) in [5.74, 6) is 8.90. The Kier molecular flexibility index (Phi) is 11.3. The molecule has 0 rings (SSSR count). The van der Waals surface area contributed by atoms with Crippen LogP contribution in [-0.2, 0) is 0 Å². The Labute approximate surface area is 87.9 Å². The van der Waals surface area contributed by atoms with Crippen molar-refractivity contribution in [2.75, 3.05) is 6.61 Å². The lowest BCUT2D eigenvalue weighted by atomic mass is 10.2. The van der Waals surface area contributed by atoms with E-state index in [9.17, 15) is 0 Å². The van der Waals surface area contributed by atoms with Crippen molar-refractivity contribution in [2.24, 2.45) is 0 Å². The minimum atomic E-state index is 0.305. The molecule has 1 nitrogen and oxygen atoms in total. The van der Waals surface area contributed by atoms with E-state index in [0.29, 0.717) is 6.61 Å². The second-order valence-electron chi connectivity index (χ2n) is 3.30. The third kappa shape index (κ3) is 11.1. The molecule has 0 fully saturated rings. The van der Waals surface area contributed by atoms with Crippen molar-refractivity contribution in [3.05, 3.63) is 0 Å². The Bertz CT molecular complexity index is 202. The molecule has 0 aromatic heterocycles. The minimum Gasteiger partial charge on any atom is -0.396 e. The molecule has 0 heterocycles. The Balaban J connectivity index is 3.07. The molecule has 0 aliphatic rings. The summed E-state index contributed by atoms with van der Waals surface area (Å²) in [4.78, 5) is 0. The third-order valence-electron chi connectivity index (χ3n) is 1.96. The van der Waals surface area contributed by atoms with Gasteiger partial charge < -0.3 is 5.11 Å². The van der Waals surface area contributed by atoms with Crippen LogP contribution in [0.15, 0.2) is 0 Å². The maximum absolute atomic E-state index is 8.54. The number of unbranched alkanes of at least 4 members (excludes halogenated alkanes) is 6. The van der Waals surface area contributed by atoms with Gasteiger partial charge in [0.05, 0.1) is 0 Å². The average Bonchev–Trinajstić information content (AvgIpc) is 2.21. The van der Waals surface area contributed by atoms with Crippen molar-refractivity contribution in [1.82, 2.24) is 0 Å². The summed E-state index contributed by atoms with van der Waals surface area (Å²) >= 11 is 0. The lowest BCUT2D eigenvalue weighted by Gasteiger charge is -1.92. The molecule has 0 spiro atoms. The molecule has 0 saturated carbocycles. The van der Waals surface area contributed by atoms with Crippen molar-refractivity contribution in [2.45, 2.75) is 51.4 Å². The normalized spacial score (nSPS) is 8.86. The molecule has 1 heteroatoms. The van der Waals surface area contributed by atoms with E-state index < -0.39 is 0 Å². The number of hydrogen-bond acceptors (Lipinski definition) is 1. The van der Waals surface area contributed by atoms with Crippen molar-refractivity contribution >= 4 is 0 Å². The lowest BCUT2D eigenvalue weighted by Crippen LogP contribution is -1.81. The zero-order valence-electron chi connectivity index (χ0n) is 8.89. The van der Waals surface area contributed by atoms with Gasteiger partial charge in [-0.15, -0.1) is 24.2 Å². The standard InChI is InChI=1S/C13H20O/c1-2-3-4-5-6-7-8-9-10-11-12-13-14/h1,14H,3-6,9-13H2. The van der Waals surface area contributed by atoms with Crippen LogP contribution in [0.4, 0.5) is 0 Å². The van der Waals surface area contributed by atoms with Crippen LogP contribution in [0.5, 0.6) is 0 Å². The molecule has 0 aliphatic heterocycles. The van der Waals surface area contributed by atoms with Gasteiger partial charge >= 0.3 is 0 Å². The Hall–Kier alpha value is -0.920. The summed E-state index contributed by atoms with van der Waals surface area (Å²) in [6, 6.07) is 0. The van der Waals surface area contributed by atoms with Gasteiger partial charge in [0, 0.05) is 25.9 Å². The van der Waals surface area contributed by atoms with Gasteiger partial charge in [0.1, 0.15) is 0 Å². The van der Waals surface area contributed by atoms with E-state index in [2.05, 4.69) is 17.8 Å². The first-order valence-electron chi connectivity index (χ1n) is 5.42. The number of rotatable bonds is 7. The highest BCUT2D eigenvalue weighted by atomic mass is 16.2. The third-order valence-corrected chi connectivity index (χ3v) is 1.96. The van der Waals surface area contributed by atoms with Crippen LogP contribution >= 0.6 is 0 Å². The lowest BCUT2D eigenvalue weighted by molar-refractivity contribution is 0.283. The van der Waals surface area contributed by atoms with Crippen LogP contribution in [0, 0.1) is 24.2 Å². The molecule has 1 N–H and O–H groups in total. The topological polar surface area (TPSA) is 20.2 Å². The van der Waals surface area contributed by atoms with Crippen LogP contribution < -0.4 is 0 Å². The van der Waals surface area contributed by atoms with Crippen LogP contribution in [0.3, 0.4) is 0 Å². The highest BCUT2D eigenvalue weighted by Gasteiger charge is 1.85. The number of aliphatic hydroxyl groups excluding tert-OH is 1. The quantitative estimate of drug-likeness (QED) is 0.486. The zero-order valence-corrected chi connectivity index (χ0v) is 8.89. The van der Waals surface area contributed by atoms with Gasteiger partial charge in [0.15, 0.2) is 0 Å². The van der Waals surface area contributed by atoms with Gasteiger partial charge in [-0.2, -0.15) is 0 Å². The van der Waals surface area contributed by atoms with Crippen LogP contribution in [0.1, 0.15) is 51.4 Å². The summed E-state index contributed by atoms with van der Waals surface area (Å²) in [5, 5.41) is 8.54. The van der Waals surface area contributed by atoms with Gasteiger partial charge in [-0.25, -0.2) is 0 Å². The molecule has 0 unspecified atom stereocenters. The minimum absolute atomic E-state index is 0.305. The van der Waals surface area contributed by atoms with E-state index in [0.717, 1.165) is 51.4 Å². The fourth-order valence-electron chi connectivity index (χ4n) is 1.12. The monoisotopic (exact) mass is 192 g/mol. The fraction of sp³-hybridized carbons (Fsp3) is 0.692. The van der Waals surface area contributed by atoms with Crippen LogP contribution in [0.2, 0.25) is 0 Å². The molecule has 0 amide bonds. The maximum atomic E-state index is 8.54. The molecule has 0 aliphatic carbocycles. The largest absolute Gasteiger partial charge is 0.396 e. The second-order valence-corrected chi connectivity index (χ2v) is 3.30. The summed E-state index contributed by atoms with van der Waals surface area (Å²) < 4.78 is 0. The molecule has 0 bridgehead atoms. The first-order chi connectivity index (χ1) is 6.91. The molecule has 0 aromatic rings. The van der Waals surface area contributed by atoms with Crippen molar-refractivity contribution in [3.63, 3.8) is 0 Å². The molecule has 0 radical (unpaired) electrons. The van der Waals surface area contributed by atoms with E-state index in [4.69, 9.17) is 11.5 Å². The smallest absolute Gasteiger partial charge is 0.0431 e. The summed E-state index contributed by atoms with van der Waals surface area (Å²) in [5.41, 5.74) is 0. The zero-order chi connectivity index (χ0) is 10.5. The maximum Gasteiger partial charge on any atom is 0.0431 e. The predicted molar refractivity (Wildman–Crippen MR) is 60.6 cm³/mol. The Morgan fingerprint density at radius 1 is 0.786 bits per heavy atom. The predicted octanol–water partition coefficient (Wildman–Crippen LogP) is 2.74. The first-order valence-corrected chi connectivity index (χ1v) is 5.42. The Morgan fingerprint density at radius 3 is 1.93 bits per heavy atom. The molecule has 0 aromatic carbocycles. The van der Waals surface area contributed by atoms with Gasteiger partial charge in [-0.3, -0.25) is 0 Å². The van der Waals surface area contributed by atoms with Crippen molar-refractivity contribution in [3.8, 4) is 24.2 Å². The summed E-state index contributed by atoms with van der Waals surface area (Å²) in [7, 11) is 0. The fourth-order valence-corrected chi connectivity index (χ4v) is 1.12. The highest BCUT2D eigenvalue weighted by Crippen LogP contribution is 1.99.